The topological polar surface area (TPSA) is 41.5 Å². The van der Waals surface area contributed by atoms with Crippen molar-refractivity contribution in [2.45, 2.75) is 18.0 Å². The molecule has 2 rings (SSSR count). The van der Waals surface area contributed by atoms with Gasteiger partial charge in [-0.15, -0.1) is 0 Å². The molecular formula is C10H12ClNO2. The molecule has 2 N–H and O–H groups in total. The fourth-order valence-electron chi connectivity index (χ4n) is 1.49. The summed E-state index contributed by atoms with van der Waals surface area (Å²) in [6.07, 6.45) is 0.864. The highest BCUT2D eigenvalue weighted by atomic mass is 35.5. The van der Waals surface area contributed by atoms with Gasteiger partial charge in [-0.1, -0.05) is 23.7 Å². The molecule has 14 heavy (non-hydrogen) atoms. The second-order valence-corrected chi connectivity index (χ2v) is 3.71. The number of hydrogen-bond donors (Lipinski definition) is 2. The van der Waals surface area contributed by atoms with Crippen LogP contribution in [-0.2, 0) is 4.74 Å². The van der Waals surface area contributed by atoms with Gasteiger partial charge in [-0.25, -0.2) is 0 Å². The number of alkyl halides is 1. The number of anilines is 1. The monoisotopic (exact) mass is 213 g/mol. The van der Waals surface area contributed by atoms with Gasteiger partial charge in [-0.2, -0.15) is 0 Å². The van der Waals surface area contributed by atoms with Gasteiger partial charge in [0.1, 0.15) is 5.75 Å². The lowest BCUT2D eigenvalue weighted by atomic mass is 10.2. The van der Waals surface area contributed by atoms with Gasteiger partial charge in [0.25, 0.3) is 0 Å². The Kier molecular flexibility index (Phi) is 2.79. The maximum Gasteiger partial charge on any atom is 0.151 e. The Morgan fingerprint density at radius 3 is 2.86 bits per heavy atom. The summed E-state index contributed by atoms with van der Waals surface area (Å²) in [5, 5.41) is 12.7. The van der Waals surface area contributed by atoms with Crippen molar-refractivity contribution in [3.05, 3.63) is 24.3 Å². The zero-order valence-electron chi connectivity index (χ0n) is 7.61. The minimum Gasteiger partial charge on any atom is -0.506 e. The van der Waals surface area contributed by atoms with Crippen LogP contribution in [0.25, 0.3) is 0 Å². The average molecular weight is 214 g/mol. The predicted molar refractivity (Wildman–Crippen MR) is 55.7 cm³/mol. The van der Waals surface area contributed by atoms with Crippen molar-refractivity contribution in [2.75, 3.05) is 11.9 Å². The van der Waals surface area contributed by atoms with E-state index in [1.807, 2.05) is 12.1 Å². The molecular weight excluding hydrogens is 202 g/mol. The van der Waals surface area contributed by atoms with E-state index < -0.39 is 0 Å². The standard InChI is InChI=1S/C10H12ClNO2/c11-10-8(5-6-14-10)12-7-3-1-2-4-9(7)13/h1-4,8,10,12-13H,5-6H2. The van der Waals surface area contributed by atoms with Crippen molar-refractivity contribution in [3.63, 3.8) is 0 Å². The molecule has 2 atom stereocenters. The van der Waals surface area contributed by atoms with E-state index in [1.54, 1.807) is 12.1 Å². The zero-order valence-corrected chi connectivity index (χ0v) is 8.37. The highest BCUT2D eigenvalue weighted by molar-refractivity contribution is 6.20. The molecule has 0 radical (unpaired) electrons. The summed E-state index contributed by atoms with van der Waals surface area (Å²) in [4.78, 5) is 0. The smallest absolute Gasteiger partial charge is 0.151 e. The Balaban J connectivity index is 2.07. The molecule has 2 unspecified atom stereocenters. The van der Waals surface area contributed by atoms with Crippen LogP contribution in [0.4, 0.5) is 5.69 Å². The van der Waals surface area contributed by atoms with E-state index in [4.69, 9.17) is 16.3 Å². The number of phenols is 1. The number of ether oxygens (including phenoxy) is 1. The third-order valence-corrected chi connectivity index (χ3v) is 2.70. The molecule has 0 saturated carbocycles. The third kappa shape index (κ3) is 1.94. The Labute approximate surface area is 87.6 Å². The molecule has 1 aliphatic rings. The van der Waals surface area contributed by atoms with Crippen LogP contribution in [0.5, 0.6) is 5.75 Å². The van der Waals surface area contributed by atoms with Crippen LogP contribution in [0, 0.1) is 0 Å². The molecule has 1 fully saturated rings. The lowest BCUT2D eigenvalue weighted by molar-refractivity contribution is 0.165. The molecule has 1 saturated heterocycles. The summed E-state index contributed by atoms with van der Waals surface area (Å²) in [5.41, 5.74) is 0.392. The Bertz CT molecular complexity index is 319. The van der Waals surface area contributed by atoms with Crippen LogP contribution in [0.1, 0.15) is 6.42 Å². The fourth-order valence-corrected chi connectivity index (χ4v) is 1.77. The normalized spacial score (nSPS) is 26.4. The maximum atomic E-state index is 9.51. The summed E-state index contributed by atoms with van der Waals surface area (Å²) in [6.45, 7) is 0.666. The largest absolute Gasteiger partial charge is 0.506 e. The van der Waals surface area contributed by atoms with Gasteiger partial charge >= 0.3 is 0 Å². The third-order valence-electron chi connectivity index (χ3n) is 2.27. The van der Waals surface area contributed by atoms with Crippen molar-refractivity contribution in [1.82, 2.24) is 0 Å². The Morgan fingerprint density at radius 1 is 1.43 bits per heavy atom. The van der Waals surface area contributed by atoms with Gasteiger partial charge in [0.15, 0.2) is 5.56 Å². The lowest BCUT2D eigenvalue weighted by Crippen LogP contribution is -2.24. The molecule has 1 heterocycles. The summed E-state index contributed by atoms with van der Waals surface area (Å²) in [7, 11) is 0. The molecule has 0 amide bonds. The van der Waals surface area contributed by atoms with Gasteiger partial charge in [0.2, 0.25) is 0 Å². The summed E-state index contributed by atoms with van der Waals surface area (Å²) in [5.74, 6) is 0.239. The van der Waals surface area contributed by atoms with E-state index in [-0.39, 0.29) is 17.4 Å². The van der Waals surface area contributed by atoms with Crippen LogP contribution in [0.15, 0.2) is 24.3 Å². The first-order valence-electron chi connectivity index (χ1n) is 4.57. The van der Waals surface area contributed by atoms with Gasteiger partial charge in [-0.05, 0) is 18.6 Å². The molecule has 1 aromatic rings. The van der Waals surface area contributed by atoms with Crippen LogP contribution < -0.4 is 5.32 Å². The van der Waals surface area contributed by atoms with Crippen LogP contribution in [-0.4, -0.2) is 23.3 Å². The first kappa shape index (κ1) is 9.62. The first-order valence-corrected chi connectivity index (χ1v) is 5.01. The number of phenolic OH excluding ortho intramolecular Hbond substituents is 1. The molecule has 1 aliphatic heterocycles. The molecule has 3 nitrogen and oxygen atoms in total. The molecule has 0 aliphatic carbocycles. The van der Waals surface area contributed by atoms with E-state index in [2.05, 4.69) is 5.32 Å². The highest BCUT2D eigenvalue weighted by Crippen LogP contribution is 2.27. The number of hydrogen-bond acceptors (Lipinski definition) is 3. The molecule has 0 aromatic heterocycles. The van der Waals surface area contributed by atoms with E-state index in [0.717, 1.165) is 6.42 Å². The quantitative estimate of drug-likeness (QED) is 0.585. The number of para-hydroxylation sites is 2. The van der Waals surface area contributed by atoms with Crippen molar-refractivity contribution < 1.29 is 9.84 Å². The predicted octanol–water partition coefficient (Wildman–Crippen LogP) is 2.16. The Morgan fingerprint density at radius 2 is 2.21 bits per heavy atom. The number of aromatic hydroxyl groups is 1. The van der Waals surface area contributed by atoms with Gasteiger partial charge < -0.3 is 15.2 Å². The van der Waals surface area contributed by atoms with Gasteiger partial charge in [0, 0.05) is 0 Å². The lowest BCUT2D eigenvalue weighted by Gasteiger charge is -2.16. The molecule has 0 spiro atoms. The summed E-state index contributed by atoms with van der Waals surface area (Å²) in [6, 6.07) is 7.17. The number of benzene rings is 1. The second kappa shape index (κ2) is 4.07. The number of nitrogens with one attached hydrogen (secondary N) is 1. The van der Waals surface area contributed by atoms with Crippen molar-refractivity contribution in [1.29, 1.82) is 0 Å². The molecule has 4 heteroatoms. The van der Waals surface area contributed by atoms with Crippen molar-refractivity contribution in [3.8, 4) is 5.75 Å². The average Bonchev–Trinajstić information content (AvgIpc) is 2.56. The van der Waals surface area contributed by atoms with Gasteiger partial charge in [-0.3, -0.25) is 0 Å². The van der Waals surface area contributed by atoms with E-state index >= 15 is 0 Å². The number of halogens is 1. The molecule has 76 valence electrons. The van der Waals surface area contributed by atoms with E-state index in [0.29, 0.717) is 12.3 Å². The fraction of sp³-hybridized carbons (Fsp3) is 0.400. The molecule has 1 aromatic carbocycles. The van der Waals surface area contributed by atoms with E-state index in [1.165, 1.54) is 0 Å². The minimum atomic E-state index is -0.311. The summed E-state index contributed by atoms with van der Waals surface area (Å²) >= 11 is 5.91. The van der Waals surface area contributed by atoms with E-state index in [9.17, 15) is 5.11 Å². The van der Waals surface area contributed by atoms with Crippen LogP contribution in [0.2, 0.25) is 0 Å². The first-order chi connectivity index (χ1) is 6.77. The van der Waals surface area contributed by atoms with Crippen molar-refractivity contribution >= 4 is 17.3 Å². The maximum absolute atomic E-state index is 9.51. The highest BCUT2D eigenvalue weighted by Gasteiger charge is 2.26. The summed E-state index contributed by atoms with van der Waals surface area (Å²) < 4.78 is 5.20. The van der Waals surface area contributed by atoms with Gasteiger partial charge in [0.05, 0.1) is 18.3 Å². The van der Waals surface area contributed by atoms with Crippen LogP contribution in [0.3, 0.4) is 0 Å². The van der Waals surface area contributed by atoms with Crippen molar-refractivity contribution in [2.24, 2.45) is 0 Å². The van der Waals surface area contributed by atoms with Crippen LogP contribution >= 0.6 is 11.6 Å². The Hall–Kier alpha value is -0.930. The minimum absolute atomic E-state index is 0.0740. The molecule has 0 bridgehead atoms. The SMILES string of the molecule is Oc1ccccc1NC1CCOC1Cl. The zero-order chi connectivity index (χ0) is 9.97. The number of rotatable bonds is 2. The second-order valence-electron chi connectivity index (χ2n) is 3.28.